The number of carbonyl (C=O) groups is 5. The lowest BCUT2D eigenvalue weighted by atomic mass is 10.00. The zero-order chi connectivity index (χ0) is 33.2. The van der Waals surface area contributed by atoms with E-state index in [1.54, 1.807) is 4.90 Å². The lowest BCUT2D eigenvalue weighted by Crippen LogP contribution is -2.54. The molecule has 0 spiro atoms. The molecule has 2 aliphatic heterocycles. The number of fused-ring (bicyclic) bond motifs is 1. The zero-order valence-electron chi connectivity index (χ0n) is 27.6. The lowest BCUT2D eigenvalue weighted by Gasteiger charge is -2.28. The van der Waals surface area contributed by atoms with Gasteiger partial charge in [-0.3, -0.25) is 24.0 Å². The predicted molar refractivity (Wildman–Crippen MR) is 171 cm³/mol. The van der Waals surface area contributed by atoms with Crippen molar-refractivity contribution in [1.82, 2.24) is 20.4 Å². The fraction of sp³-hybridized carbons (Fsp3) is 0.667. The summed E-state index contributed by atoms with van der Waals surface area (Å²) >= 11 is 0. The molecule has 2 atom stereocenters. The van der Waals surface area contributed by atoms with Crippen molar-refractivity contribution in [3.63, 3.8) is 0 Å². The highest BCUT2D eigenvalue weighted by atomic mass is 16.3. The average Bonchev–Trinajstić information content (AvgIpc) is 3.70. The van der Waals surface area contributed by atoms with Crippen LogP contribution in [0, 0.1) is 5.92 Å². The van der Waals surface area contributed by atoms with Gasteiger partial charge >= 0.3 is 0 Å². The van der Waals surface area contributed by atoms with Gasteiger partial charge in [0.15, 0.2) is 0 Å². The number of amides is 4. The largest absolute Gasteiger partial charge is 0.387 e. The summed E-state index contributed by atoms with van der Waals surface area (Å²) in [5, 5.41) is 14.1. The van der Waals surface area contributed by atoms with Crippen LogP contribution < -0.4 is 16.4 Å². The summed E-state index contributed by atoms with van der Waals surface area (Å²) in [6.07, 6.45) is 4.98. The van der Waals surface area contributed by atoms with Gasteiger partial charge in [0.1, 0.15) is 12.6 Å². The molecule has 2 unspecified atom stereocenters. The highest BCUT2D eigenvalue weighted by molar-refractivity contribution is 6.38. The number of carbonyl (C=O) groups excluding carboxylic acids is 5. The van der Waals surface area contributed by atoms with E-state index in [1.807, 2.05) is 39.0 Å². The second-order valence-electron chi connectivity index (χ2n) is 11.6. The first-order chi connectivity index (χ1) is 21.0. The Balaban J connectivity index is 0.000000407. The van der Waals surface area contributed by atoms with E-state index in [0.29, 0.717) is 32.4 Å². The summed E-state index contributed by atoms with van der Waals surface area (Å²) in [6.45, 7) is 13.7. The number of likely N-dealkylation sites (tertiary alicyclic amines) is 1. The topological polar surface area (TPSA) is 162 Å². The predicted octanol–water partition coefficient (Wildman–Crippen LogP) is 2.32. The van der Waals surface area contributed by atoms with E-state index in [2.05, 4.69) is 37.5 Å². The third kappa shape index (κ3) is 13.1. The van der Waals surface area contributed by atoms with Crippen LogP contribution in [0.1, 0.15) is 91.2 Å². The van der Waals surface area contributed by atoms with Crippen LogP contribution in [0.5, 0.6) is 0 Å². The van der Waals surface area contributed by atoms with Gasteiger partial charge in [-0.1, -0.05) is 72.2 Å². The van der Waals surface area contributed by atoms with Gasteiger partial charge in [0.2, 0.25) is 23.5 Å². The fourth-order valence-corrected chi connectivity index (χ4v) is 4.73. The number of Topliss-reactive ketones (excluding diaryl/α,β-unsaturated/α-hetero) is 1. The average molecular weight is 618 g/mol. The van der Waals surface area contributed by atoms with Gasteiger partial charge in [0.05, 0.1) is 12.6 Å². The van der Waals surface area contributed by atoms with Gasteiger partial charge in [0.25, 0.3) is 5.91 Å². The van der Waals surface area contributed by atoms with Gasteiger partial charge in [0, 0.05) is 25.7 Å². The number of rotatable bonds is 9. The summed E-state index contributed by atoms with van der Waals surface area (Å²) in [6, 6.07) is 6.75. The maximum absolute atomic E-state index is 12.5. The number of aliphatic hydroxyl groups is 1. The standard InChI is InChI=1S/C16H26N4O4.C11H13NO2.C4H10.C2H6/c1-2-4-11(14(22)16(24)18-10-6-7-10)19-15(23)12-5-3-8-20(12)13(21)9-17;13-8-11(14)12-6-5-9-3-1-2-4-10(9)7-12;1-4(2)3;1-2/h10-12H,2-9,17H2,1H3,(H,18,24)(H,19,23);1-4,13H,5-8H2;4H,1-3H3;1-2H3. The quantitative estimate of drug-likeness (QED) is 0.309. The molecular formula is C33H55N5O6. The number of hydrogen-bond donors (Lipinski definition) is 4. The molecule has 0 bridgehead atoms. The maximum Gasteiger partial charge on any atom is 0.289 e. The summed E-state index contributed by atoms with van der Waals surface area (Å²) in [7, 11) is 0. The number of nitrogens with zero attached hydrogens (tertiary/aromatic N) is 2. The molecular weight excluding hydrogens is 562 g/mol. The number of nitrogens with one attached hydrogen (secondary N) is 2. The van der Waals surface area contributed by atoms with Crippen LogP contribution in [0.3, 0.4) is 0 Å². The summed E-state index contributed by atoms with van der Waals surface area (Å²) in [4.78, 5) is 62.9. The van der Waals surface area contributed by atoms with E-state index in [9.17, 15) is 24.0 Å². The Bertz CT molecular complexity index is 1070. The fourth-order valence-electron chi connectivity index (χ4n) is 4.73. The molecule has 5 N–H and O–H groups in total. The minimum absolute atomic E-state index is 0.0897. The molecule has 1 saturated heterocycles. The molecule has 3 aliphatic rings. The Morgan fingerprint density at radius 3 is 2.14 bits per heavy atom. The van der Waals surface area contributed by atoms with Gasteiger partial charge in [-0.15, -0.1) is 0 Å². The second-order valence-corrected chi connectivity index (χ2v) is 11.6. The second kappa shape index (κ2) is 20.6. The van der Waals surface area contributed by atoms with E-state index in [0.717, 1.165) is 38.1 Å². The smallest absolute Gasteiger partial charge is 0.289 e. The summed E-state index contributed by atoms with van der Waals surface area (Å²) < 4.78 is 0. The van der Waals surface area contributed by atoms with Crippen molar-refractivity contribution in [2.24, 2.45) is 11.7 Å². The highest BCUT2D eigenvalue weighted by Crippen LogP contribution is 2.20. The van der Waals surface area contributed by atoms with Gasteiger partial charge in [-0.25, -0.2) is 0 Å². The third-order valence-electron chi connectivity index (χ3n) is 7.02. The first-order valence-electron chi connectivity index (χ1n) is 16.1. The van der Waals surface area contributed by atoms with Crippen LogP contribution in [0.2, 0.25) is 0 Å². The minimum atomic E-state index is -0.850. The molecule has 2 fully saturated rings. The van der Waals surface area contributed by atoms with Gasteiger partial charge < -0.3 is 31.3 Å². The number of nitrogens with two attached hydrogens (primary N) is 1. The van der Waals surface area contributed by atoms with E-state index < -0.39 is 23.8 Å². The molecule has 248 valence electrons. The van der Waals surface area contributed by atoms with Crippen LogP contribution in [0.15, 0.2) is 24.3 Å². The van der Waals surface area contributed by atoms with Crippen molar-refractivity contribution >= 4 is 29.4 Å². The van der Waals surface area contributed by atoms with Crippen molar-refractivity contribution in [3.05, 3.63) is 35.4 Å². The number of benzene rings is 1. The number of ketones is 1. The van der Waals surface area contributed by atoms with Crippen LogP contribution in [0.25, 0.3) is 0 Å². The lowest BCUT2D eigenvalue weighted by molar-refractivity contribution is -0.142. The minimum Gasteiger partial charge on any atom is -0.387 e. The monoisotopic (exact) mass is 617 g/mol. The van der Waals surface area contributed by atoms with Crippen molar-refractivity contribution < 1.29 is 29.1 Å². The molecule has 2 heterocycles. The first-order valence-corrected chi connectivity index (χ1v) is 16.1. The van der Waals surface area contributed by atoms with Crippen molar-refractivity contribution in [3.8, 4) is 0 Å². The molecule has 0 radical (unpaired) electrons. The molecule has 11 nitrogen and oxygen atoms in total. The van der Waals surface area contributed by atoms with Crippen LogP contribution in [-0.4, -0.2) is 88.7 Å². The van der Waals surface area contributed by atoms with Gasteiger partial charge in [-0.2, -0.15) is 0 Å². The summed E-state index contributed by atoms with van der Waals surface area (Å²) in [5.41, 5.74) is 7.88. The van der Waals surface area contributed by atoms with Crippen molar-refractivity contribution in [2.75, 3.05) is 26.2 Å². The van der Waals surface area contributed by atoms with Crippen molar-refractivity contribution in [2.45, 2.75) is 111 Å². The molecule has 1 saturated carbocycles. The van der Waals surface area contributed by atoms with Crippen LogP contribution >= 0.6 is 0 Å². The molecule has 0 aromatic heterocycles. The molecule has 44 heavy (non-hydrogen) atoms. The van der Waals surface area contributed by atoms with Gasteiger partial charge in [-0.05, 0) is 55.6 Å². The molecule has 11 heteroatoms. The number of aliphatic hydroxyl groups excluding tert-OH is 1. The van der Waals surface area contributed by atoms with Crippen molar-refractivity contribution in [1.29, 1.82) is 0 Å². The normalized spacial score (nSPS) is 17.3. The zero-order valence-corrected chi connectivity index (χ0v) is 27.6. The Labute approximate surface area is 263 Å². The Morgan fingerprint density at radius 2 is 1.59 bits per heavy atom. The molecule has 4 rings (SSSR count). The highest BCUT2D eigenvalue weighted by Gasteiger charge is 2.37. The maximum atomic E-state index is 12.5. The molecule has 4 amide bonds. The Kier molecular flexibility index (Phi) is 18.1. The Morgan fingerprint density at radius 1 is 0.977 bits per heavy atom. The van der Waals surface area contributed by atoms with E-state index in [-0.39, 0.29) is 36.9 Å². The Hall–Kier alpha value is -3.31. The first kappa shape index (κ1) is 38.7. The van der Waals surface area contributed by atoms with E-state index in [4.69, 9.17) is 10.8 Å². The molecule has 1 aliphatic carbocycles. The van der Waals surface area contributed by atoms with E-state index in [1.165, 1.54) is 16.0 Å². The number of hydrogen-bond acceptors (Lipinski definition) is 7. The van der Waals surface area contributed by atoms with E-state index >= 15 is 0 Å². The summed E-state index contributed by atoms with van der Waals surface area (Å²) in [5.74, 6) is -1.28. The SMILES string of the molecule is CC.CC(C)C.CCCC(NC(=O)C1CCCN1C(=O)CN)C(=O)C(=O)NC1CC1.O=C(CO)N1CCc2ccccc2C1. The third-order valence-corrected chi connectivity index (χ3v) is 7.02. The molecule has 1 aromatic carbocycles. The van der Waals surface area contributed by atoms with Crippen LogP contribution in [-0.2, 0) is 36.9 Å². The molecule has 1 aromatic rings. The van der Waals surface area contributed by atoms with Crippen LogP contribution in [0.4, 0.5) is 0 Å².